The van der Waals surface area contributed by atoms with Gasteiger partial charge in [-0.3, -0.25) is 4.79 Å². The van der Waals surface area contributed by atoms with Crippen molar-refractivity contribution >= 4 is 27.5 Å². The molecule has 0 radical (unpaired) electrons. The minimum atomic E-state index is -0.327. The van der Waals surface area contributed by atoms with Crippen molar-refractivity contribution in [1.29, 1.82) is 0 Å². The number of aryl methyl sites for hydroxylation is 1. The fourth-order valence-corrected chi connectivity index (χ4v) is 8.59. The molecule has 0 saturated heterocycles. The first-order valence-electron chi connectivity index (χ1n) is 11.7. The van der Waals surface area contributed by atoms with E-state index in [2.05, 4.69) is 31.4 Å². The Balaban J connectivity index is 1.29. The molecule has 2 aromatic rings. The average Bonchev–Trinajstić information content (AvgIpc) is 2.95. The molecule has 4 saturated carbocycles. The van der Waals surface area contributed by atoms with Gasteiger partial charge < -0.3 is 9.88 Å². The highest BCUT2D eigenvalue weighted by Gasteiger charge is 2.59. The molecule has 31 heavy (non-hydrogen) atoms. The number of nitrogens with one attached hydrogen (secondary N) is 1. The minimum absolute atomic E-state index is 0.100. The lowest BCUT2D eigenvalue weighted by molar-refractivity contribution is -0.138. The lowest BCUT2D eigenvalue weighted by atomic mass is 9.49. The second-order valence-corrected chi connectivity index (χ2v) is 12.1. The fourth-order valence-electron chi connectivity index (χ4n) is 7.14. The van der Waals surface area contributed by atoms with Crippen LogP contribution in [0.15, 0.2) is 18.2 Å². The summed E-state index contributed by atoms with van der Waals surface area (Å²) in [4.78, 5) is 13.5. The molecule has 1 N–H and O–H groups in total. The third-order valence-electron chi connectivity index (χ3n) is 8.05. The first-order valence-corrected chi connectivity index (χ1v) is 12.4. The molecule has 5 aliphatic rings. The number of halogens is 2. The van der Waals surface area contributed by atoms with Gasteiger partial charge in [0.2, 0.25) is 5.91 Å². The van der Waals surface area contributed by atoms with E-state index in [0.717, 1.165) is 57.3 Å². The largest absolute Gasteiger partial charge is 0.326 e. The van der Waals surface area contributed by atoms with E-state index in [1.165, 1.54) is 25.3 Å². The van der Waals surface area contributed by atoms with E-state index in [4.69, 9.17) is 0 Å². The van der Waals surface area contributed by atoms with Crippen molar-refractivity contribution in [1.82, 2.24) is 14.8 Å². The van der Waals surface area contributed by atoms with Crippen molar-refractivity contribution in [3.8, 4) is 11.4 Å². The predicted octanol–water partition coefficient (Wildman–Crippen LogP) is 5.48. The average molecular weight is 487 g/mol. The molecule has 4 aliphatic carbocycles. The van der Waals surface area contributed by atoms with Crippen LogP contribution >= 0.6 is 15.9 Å². The lowest BCUT2D eigenvalue weighted by Gasteiger charge is -2.59. The molecule has 0 spiro atoms. The smallest absolute Gasteiger partial charge is 0.230 e. The summed E-state index contributed by atoms with van der Waals surface area (Å²) < 4.78 is 17.0. The number of hydrogen-bond acceptors (Lipinski definition) is 3. The van der Waals surface area contributed by atoms with Crippen molar-refractivity contribution in [3.05, 3.63) is 29.8 Å². The Morgan fingerprint density at radius 2 is 1.94 bits per heavy atom. The molecule has 4 bridgehead atoms. The Hall–Kier alpha value is -1.76. The standard InChI is InChI=1S/C24H28BrFN4O/c25-24-12-15-8-16(13-24)11-23(10-15,14-24)22(31)27-17-5-6-19(26)18(9-17)21-29-28-20-4-2-1-3-7-30(20)21/h5-6,9,15-16H,1-4,7-8,10-14H2,(H,27,31). The van der Waals surface area contributed by atoms with Crippen LogP contribution in [-0.2, 0) is 17.8 Å². The maximum absolute atomic E-state index is 14.8. The second kappa shape index (κ2) is 7.12. The van der Waals surface area contributed by atoms with Gasteiger partial charge in [-0.25, -0.2) is 4.39 Å². The Bertz CT molecular complexity index is 1040. The van der Waals surface area contributed by atoms with E-state index < -0.39 is 0 Å². The number of carbonyl (C=O) groups excluding carboxylic acids is 1. The summed E-state index contributed by atoms with van der Waals surface area (Å²) in [7, 11) is 0. The summed E-state index contributed by atoms with van der Waals surface area (Å²) in [6, 6.07) is 4.84. The molecule has 1 aliphatic heterocycles. The van der Waals surface area contributed by atoms with E-state index in [1.54, 1.807) is 12.1 Å². The summed E-state index contributed by atoms with van der Waals surface area (Å²) in [6.07, 6.45) is 10.7. The molecule has 1 aromatic heterocycles. The SMILES string of the molecule is O=C(Nc1ccc(F)c(-c2nnc3n2CCCCC3)c1)C12CC3CC(CC(Br)(C3)C1)C2. The quantitative estimate of drug-likeness (QED) is 0.583. The number of nitrogens with zero attached hydrogens (tertiary/aromatic N) is 3. The number of anilines is 1. The minimum Gasteiger partial charge on any atom is -0.326 e. The molecule has 2 heterocycles. The maximum atomic E-state index is 14.8. The number of rotatable bonds is 3. The highest BCUT2D eigenvalue weighted by atomic mass is 79.9. The van der Waals surface area contributed by atoms with Crippen LogP contribution in [0.1, 0.15) is 63.6 Å². The van der Waals surface area contributed by atoms with Crippen molar-refractivity contribution in [2.24, 2.45) is 17.3 Å². The van der Waals surface area contributed by atoms with Gasteiger partial charge in [0, 0.05) is 23.0 Å². The van der Waals surface area contributed by atoms with Crippen LogP contribution in [0.2, 0.25) is 0 Å². The molecule has 2 atom stereocenters. The van der Waals surface area contributed by atoms with E-state index >= 15 is 0 Å². The molecule has 7 rings (SSSR count). The molecule has 2 unspecified atom stereocenters. The summed E-state index contributed by atoms with van der Waals surface area (Å²) in [5.74, 6) is 2.55. The topological polar surface area (TPSA) is 59.8 Å². The molecule has 1 aromatic carbocycles. The second-order valence-electron chi connectivity index (χ2n) is 10.4. The van der Waals surface area contributed by atoms with Gasteiger partial charge >= 0.3 is 0 Å². The van der Waals surface area contributed by atoms with Crippen molar-refractivity contribution in [3.63, 3.8) is 0 Å². The maximum Gasteiger partial charge on any atom is 0.230 e. The van der Waals surface area contributed by atoms with Crippen LogP contribution in [-0.4, -0.2) is 25.0 Å². The molecular formula is C24H28BrFN4O. The summed E-state index contributed by atoms with van der Waals surface area (Å²) in [6.45, 7) is 0.812. The van der Waals surface area contributed by atoms with Crippen LogP contribution in [0.25, 0.3) is 11.4 Å². The number of carbonyl (C=O) groups is 1. The molecule has 7 heteroatoms. The van der Waals surface area contributed by atoms with E-state index in [0.29, 0.717) is 28.9 Å². The molecule has 164 valence electrons. The van der Waals surface area contributed by atoms with Gasteiger partial charge in [-0.2, -0.15) is 0 Å². The number of hydrogen-bond donors (Lipinski definition) is 1. The van der Waals surface area contributed by atoms with Gasteiger partial charge in [-0.15, -0.1) is 10.2 Å². The summed E-state index contributed by atoms with van der Waals surface area (Å²) in [5, 5.41) is 11.8. The zero-order valence-corrected chi connectivity index (χ0v) is 19.3. The lowest BCUT2D eigenvalue weighted by Crippen LogP contribution is -2.57. The first kappa shape index (κ1) is 19.9. The third kappa shape index (κ3) is 3.35. The normalized spacial score (nSPS) is 33.7. The zero-order valence-electron chi connectivity index (χ0n) is 17.7. The molecule has 1 amide bonds. The number of benzene rings is 1. The molecular weight excluding hydrogens is 459 g/mol. The van der Waals surface area contributed by atoms with Gasteiger partial charge in [0.1, 0.15) is 11.6 Å². The summed E-state index contributed by atoms with van der Waals surface area (Å²) in [5.41, 5.74) is 0.765. The van der Waals surface area contributed by atoms with Crippen molar-refractivity contribution < 1.29 is 9.18 Å². The highest BCUT2D eigenvalue weighted by molar-refractivity contribution is 9.10. The van der Waals surface area contributed by atoms with Gasteiger partial charge in [-0.1, -0.05) is 22.4 Å². The molecule has 5 nitrogen and oxygen atoms in total. The van der Waals surface area contributed by atoms with E-state index in [-0.39, 0.29) is 21.5 Å². The highest BCUT2D eigenvalue weighted by Crippen LogP contribution is 2.64. The van der Waals surface area contributed by atoms with Crippen LogP contribution in [0, 0.1) is 23.1 Å². The molecule has 4 fully saturated rings. The number of fused-ring (bicyclic) bond motifs is 1. The Kier molecular flexibility index (Phi) is 4.57. The number of aromatic nitrogens is 3. The van der Waals surface area contributed by atoms with Crippen molar-refractivity contribution in [2.45, 2.75) is 75.1 Å². The number of amides is 1. The van der Waals surface area contributed by atoms with Gasteiger partial charge in [0.15, 0.2) is 5.82 Å². The monoisotopic (exact) mass is 486 g/mol. The van der Waals surface area contributed by atoms with Crippen molar-refractivity contribution in [2.75, 3.05) is 5.32 Å². The number of alkyl halides is 1. The van der Waals surface area contributed by atoms with Gasteiger partial charge in [-0.05, 0) is 81.4 Å². The summed E-state index contributed by atoms with van der Waals surface area (Å²) >= 11 is 3.99. The van der Waals surface area contributed by atoms with E-state index in [9.17, 15) is 9.18 Å². The van der Waals surface area contributed by atoms with Crippen LogP contribution in [0.5, 0.6) is 0 Å². The van der Waals surface area contributed by atoms with E-state index in [1.807, 2.05) is 4.57 Å². The Morgan fingerprint density at radius 1 is 1.13 bits per heavy atom. The Morgan fingerprint density at radius 3 is 2.71 bits per heavy atom. The zero-order chi connectivity index (χ0) is 21.2. The van der Waals surface area contributed by atoms with Gasteiger partial charge in [0.25, 0.3) is 0 Å². The van der Waals surface area contributed by atoms with Crippen LogP contribution < -0.4 is 5.32 Å². The first-order chi connectivity index (χ1) is 14.9. The fraction of sp³-hybridized carbons (Fsp3) is 0.625. The third-order valence-corrected chi connectivity index (χ3v) is 8.97. The van der Waals surface area contributed by atoms with Gasteiger partial charge in [0.05, 0.1) is 11.0 Å². The van der Waals surface area contributed by atoms with Crippen LogP contribution in [0.3, 0.4) is 0 Å². The Labute approximate surface area is 190 Å². The predicted molar refractivity (Wildman–Crippen MR) is 120 cm³/mol. The van der Waals surface area contributed by atoms with Crippen LogP contribution in [0.4, 0.5) is 10.1 Å².